The zero-order chi connectivity index (χ0) is 15.7. The Bertz CT molecular complexity index is 396. The van der Waals surface area contributed by atoms with Gasteiger partial charge in [-0.25, -0.2) is 4.79 Å². The van der Waals surface area contributed by atoms with E-state index in [4.69, 9.17) is 4.84 Å². The maximum Gasteiger partial charge on any atom is 0.330 e. The molecule has 0 unspecified atom stereocenters. The van der Waals surface area contributed by atoms with Crippen molar-refractivity contribution in [1.29, 1.82) is 0 Å². The Hall–Kier alpha value is -0.940. The SMILES string of the molecule is CC(C)(C)C(=O)ON1CCC(C)(N2CCC(=O)CC2)CC1. The van der Waals surface area contributed by atoms with Gasteiger partial charge in [0.25, 0.3) is 0 Å². The Kier molecular flexibility index (Phi) is 4.73. The molecule has 0 aromatic rings. The standard InChI is InChI=1S/C16H28N2O3/c1-15(2,3)14(20)21-18-11-7-16(4,8-12-18)17-9-5-13(19)6-10-17/h5-12H2,1-4H3. The number of likely N-dealkylation sites (tertiary alicyclic amines) is 1. The molecule has 0 amide bonds. The number of Topliss-reactive ketones (excluding diaryl/α,β-unsaturated/α-hetero) is 1. The number of piperidine rings is 2. The van der Waals surface area contributed by atoms with E-state index in [9.17, 15) is 9.59 Å². The predicted molar refractivity (Wildman–Crippen MR) is 80.6 cm³/mol. The van der Waals surface area contributed by atoms with E-state index >= 15 is 0 Å². The fraction of sp³-hybridized carbons (Fsp3) is 0.875. The first-order valence-electron chi connectivity index (χ1n) is 7.95. The molecule has 2 rings (SSSR count). The zero-order valence-electron chi connectivity index (χ0n) is 13.8. The van der Waals surface area contributed by atoms with E-state index in [2.05, 4.69) is 11.8 Å². The first-order chi connectivity index (χ1) is 9.71. The first-order valence-corrected chi connectivity index (χ1v) is 7.95. The number of nitrogens with zero attached hydrogens (tertiary/aromatic N) is 2. The summed E-state index contributed by atoms with van der Waals surface area (Å²) in [6.07, 6.45) is 3.30. The highest BCUT2D eigenvalue weighted by molar-refractivity contribution is 5.79. The zero-order valence-corrected chi connectivity index (χ0v) is 13.8. The van der Waals surface area contributed by atoms with Gasteiger partial charge in [0.05, 0.1) is 5.41 Å². The van der Waals surface area contributed by atoms with Crippen LogP contribution >= 0.6 is 0 Å². The second-order valence-corrected chi connectivity index (χ2v) is 7.58. The molecule has 2 aliphatic heterocycles. The van der Waals surface area contributed by atoms with E-state index in [1.54, 1.807) is 5.06 Å². The Balaban J connectivity index is 1.85. The van der Waals surface area contributed by atoms with Gasteiger partial charge in [0.15, 0.2) is 0 Å². The van der Waals surface area contributed by atoms with Gasteiger partial charge in [0.2, 0.25) is 0 Å². The van der Waals surface area contributed by atoms with Crippen LogP contribution in [0.1, 0.15) is 53.4 Å². The highest BCUT2D eigenvalue weighted by Crippen LogP contribution is 2.31. The minimum absolute atomic E-state index is 0.130. The number of hydrogen-bond donors (Lipinski definition) is 0. The lowest BCUT2D eigenvalue weighted by Crippen LogP contribution is -2.56. The number of carbonyl (C=O) groups excluding carboxylic acids is 2. The molecule has 0 bridgehead atoms. The lowest BCUT2D eigenvalue weighted by molar-refractivity contribution is -0.210. The van der Waals surface area contributed by atoms with Crippen LogP contribution in [0, 0.1) is 5.41 Å². The molecule has 0 saturated carbocycles. The molecule has 0 radical (unpaired) electrons. The van der Waals surface area contributed by atoms with E-state index in [1.807, 2.05) is 20.8 Å². The summed E-state index contributed by atoms with van der Waals surface area (Å²) in [4.78, 5) is 31.2. The van der Waals surface area contributed by atoms with Crippen LogP contribution in [0.15, 0.2) is 0 Å². The molecule has 5 heteroatoms. The van der Waals surface area contributed by atoms with Crippen molar-refractivity contribution in [2.24, 2.45) is 5.41 Å². The molecule has 2 aliphatic rings. The molecule has 0 atom stereocenters. The van der Waals surface area contributed by atoms with Crippen LogP contribution in [0.5, 0.6) is 0 Å². The molecule has 120 valence electrons. The largest absolute Gasteiger partial charge is 0.367 e. The monoisotopic (exact) mass is 296 g/mol. The molecule has 0 aromatic heterocycles. The summed E-state index contributed by atoms with van der Waals surface area (Å²) >= 11 is 0. The topological polar surface area (TPSA) is 49.9 Å². The molecule has 5 nitrogen and oxygen atoms in total. The quantitative estimate of drug-likeness (QED) is 0.780. The third kappa shape index (κ3) is 4.04. The highest BCUT2D eigenvalue weighted by Gasteiger charge is 2.38. The summed E-state index contributed by atoms with van der Waals surface area (Å²) in [7, 11) is 0. The molecular weight excluding hydrogens is 268 g/mol. The summed E-state index contributed by atoms with van der Waals surface area (Å²) in [5.41, 5.74) is -0.334. The second-order valence-electron chi connectivity index (χ2n) is 7.58. The van der Waals surface area contributed by atoms with Gasteiger partial charge in [-0.05, 0) is 40.5 Å². The molecule has 2 fully saturated rings. The van der Waals surface area contributed by atoms with Gasteiger partial charge in [-0.1, -0.05) is 0 Å². The van der Waals surface area contributed by atoms with Crippen molar-refractivity contribution in [2.75, 3.05) is 26.2 Å². The Labute approximate surface area is 127 Å². The molecule has 2 heterocycles. The van der Waals surface area contributed by atoms with Crippen molar-refractivity contribution in [2.45, 2.75) is 58.9 Å². The van der Waals surface area contributed by atoms with Gasteiger partial charge in [0, 0.05) is 44.6 Å². The third-order valence-corrected chi connectivity index (χ3v) is 4.71. The molecular formula is C16H28N2O3. The number of hydroxylamine groups is 2. The fourth-order valence-electron chi connectivity index (χ4n) is 2.93. The minimum atomic E-state index is -0.464. The van der Waals surface area contributed by atoms with Gasteiger partial charge >= 0.3 is 5.97 Å². The van der Waals surface area contributed by atoms with E-state index < -0.39 is 5.41 Å². The molecule has 0 spiro atoms. The first kappa shape index (κ1) is 16.4. The maximum atomic E-state index is 11.9. The van der Waals surface area contributed by atoms with Gasteiger partial charge in [0.1, 0.15) is 5.78 Å². The summed E-state index contributed by atoms with van der Waals surface area (Å²) in [5, 5.41) is 1.80. The average molecular weight is 296 g/mol. The lowest BCUT2D eigenvalue weighted by atomic mass is 9.86. The average Bonchev–Trinajstić information content (AvgIpc) is 2.41. The van der Waals surface area contributed by atoms with E-state index in [1.165, 1.54) is 0 Å². The Morgan fingerprint density at radius 3 is 2.10 bits per heavy atom. The van der Waals surface area contributed by atoms with Gasteiger partial charge in [-0.15, -0.1) is 5.06 Å². The molecule has 21 heavy (non-hydrogen) atoms. The van der Waals surface area contributed by atoms with Crippen LogP contribution in [0.25, 0.3) is 0 Å². The molecule has 2 saturated heterocycles. The van der Waals surface area contributed by atoms with Crippen LogP contribution in [0.3, 0.4) is 0 Å². The molecule has 0 aromatic carbocycles. The van der Waals surface area contributed by atoms with Crippen LogP contribution < -0.4 is 0 Å². The maximum absolute atomic E-state index is 11.9. The fourth-order valence-corrected chi connectivity index (χ4v) is 2.93. The number of hydrogen-bond acceptors (Lipinski definition) is 5. The van der Waals surface area contributed by atoms with Crippen LogP contribution in [-0.2, 0) is 14.4 Å². The van der Waals surface area contributed by atoms with Crippen molar-refractivity contribution < 1.29 is 14.4 Å². The summed E-state index contributed by atoms with van der Waals surface area (Å²) in [6.45, 7) is 11.2. The third-order valence-electron chi connectivity index (χ3n) is 4.71. The van der Waals surface area contributed by atoms with Crippen molar-refractivity contribution in [3.63, 3.8) is 0 Å². The minimum Gasteiger partial charge on any atom is -0.367 e. The lowest BCUT2D eigenvalue weighted by Gasteiger charge is -2.47. The van der Waals surface area contributed by atoms with Gasteiger partial charge < -0.3 is 4.84 Å². The van der Waals surface area contributed by atoms with Crippen LogP contribution in [0.4, 0.5) is 0 Å². The van der Waals surface area contributed by atoms with Crippen molar-refractivity contribution >= 4 is 11.8 Å². The molecule has 0 N–H and O–H groups in total. The highest BCUT2D eigenvalue weighted by atomic mass is 16.7. The van der Waals surface area contributed by atoms with Crippen molar-refractivity contribution in [3.8, 4) is 0 Å². The number of carbonyl (C=O) groups is 2. The Morgan fingerprint density at radius 1 is 1.10 bits per heavy atom. The normalized spacial score (nSPS) is 24.9. The van der Waals surface area contributed by atoms with Gasteiger partial charge in [-0.2, -0.15) is 0 Å². The predicted octanol–water partition coefficient (Wildman–Crippen LogP) is 2.01. The van der Waals surface area contributed by atoms with Gasteiger partial charge in [-0.3, -0.25) is 9.69 Å². The van der Waals surface area contributed by atoms with E-state index in [0.717, 1.165) is 39.0 Å². The molecule has 0 aliphatic carbocycles. The summed E-state index contributed by atoms with van der Waals surface area (Å²) in [5.74, 6) is 0.209. The van der Waals surface area contributed by atoms with Crippen molar-refractivity contribution in [1.82, 2.24) is 9.96 Å². The Morgan fingerprint density at radius 2 is 1.62 bits per heavy atom. The van der Waals surface area contributed by atoms with Crippen LogP contribution in [0.2, 0.25) is 0 Å². The second kappa shape index (κ2) is 6.05. The number of rotatable bonds is 2. The van der Waals surface area contributed by atoms with Crippen molar-refractivity contribution in [3.05, 3.63) is 0 Å². The summed E-state index contributed by atoms with van der Waals surface area (Å²) in [6, 6.07) is 0. The van der Waals surface area contributed by atoms with Crippen LogP contribution in [-0.4, -0.2) is 53.4 Å². The number of ketones is 1. The smallest absolute Gasteiger partial charge is 0.330 e. The van der Waals surface area contributed by atoms with E-state index in [0.29, 0.717) is 18.6 Å². The van der Waals surface area contributed by atoms with E-state index in [-0.39, 0.29) is 11.5 Å². The summed E-state index contributed by atoms with van der Waals surface area (Å²) < 4.78 is 0.